The second-order valence-electron chi connectivity index (χ2n) is 3.89. The molecule has 1 N–H and O–H groups in total. The summed E-state index contributed by atoms with van der Waals surface area (Å²) in [6.07, 6.45) is 0.714. The van der Waals surface area contributed by atoms with E-state index in [4.69, 9.17) is 0 Å². The lowest BCUT2D eigenvalue weighted by molar-refractivity contribution is 0.572. The Balaban J connectivity index is 0.00000128. The van der Waals surface area contributed by atoms with Crippen molar-refractivity contribution in [2.45, 2.75) is 12.5 Å². The molecular formula is C11H16ClNO2S. The molecule has 1 aliphatic rings. The van der Waals surface area contributed by atoms with Gasteiger partial charge in [-0.25, -0.2) is 8.42 Å². The predicted octanol–water partition coefficient (Wildman–Crippen LogP) is 1.56. The van der Waals surface area contributed by atoms with Crippen LogP contribution in [0.2, 0.25) is 0 Å². The highest BCUT2D eigenvalue weighted by molar-refractivity contribution is 7.91. The van der Waals surface area contributed by atoms with Crippen LogP contribution in [0.1, 0.15) is 18.0 Å². The van der Waals surface area contributed by atoms with Crippen LogP contribution in [0.3, 0.4) is 0 Å². The summed E-state index contributed by atoms with van der Waals surface area (Å²) in [5, 5.41) is 3.27. The molecule has 0 radical (unpaired) electrons. The molecule has 0 amide bonds. The molecule has 1 aromatic carbocycles. The van der Waals surface area contributed by atoms with Crippen molar-refractivity contribution in [1.82, 2.24) is 5.32 Å². The highest BCUT2D eigenvalue weighted by Crippen LogP contribution is 2.17. The lowest BCUT2D eigenvalue weighted by atomic mass is 10.1. The summed E-state index contributed by atoms with van der Waals surface area (Å²) in [4.78, 5) is 0. The Kier molecular flexibility index (Phi) is 4.77. The van der Waals surface area contributed by atoms with E-state index < -0.39 is 9.84 Å². The minimum Gasteiger partial charge on any atom is -0.309 e. The van der Waals surface area contributed by atoms with Crippen LogP contribution in [0.4, 0.5) is 0 Å². The van der Waals surface area contributed by atoms with Crippen LogP contribution < -0.4 is 5.32 Å². The number of nitrogens with one attached hydrogen (secondary N) is 1. The van der Waals surface area contributed by atoms with Crippen molar-refractivity contribution in [3.8, 4) is 0 Å². The van der Waals surface area contributed by atoms with Crippen LogP contribution in [-0.2, 0) is 9.84 Å². The quantitative estimate of drug-likeness (QED) is 0.835. The van der Waals surface area contributed by atoms with Crippen molar-refractivity contribution in [3.63, 3.8) is 0 Å². The Bertz CT molecular complexity index is 419. The van der Waals surface area contributed by atoms with Gasteiger partial charge in [0.2, 0.25) is 0 Å². The van der Waals surface area contributed by atoms with Gasteiger partial charge in [0.15, 0.2) is 9.84 Å². The van der Waals surface area contributed by atoms with E-state index in [2.05, 4.69) is 5.32 Å². The van der Waals surface area contributed by atoms with E-state index >= 15 is 0 Å². The first-order valence-corrected chi connectivity index (χ1v) is 6.98. The van der Waals surface area contributed by atoms with Crippen LogP contribution in [0.15, 0.2) is 30.3 Å². The number of rotatable bonds is 1. The topological polar surface area (TPSA) is 46.2 Å². The van der Waals surface area contributed by atoms with Gasteiger partial charge >= 0.3 is 0 Å². The second kappa shape index (κ2) is 5.66. The van der Waals surface area contributed by atoms with Crippen molar-refractivity contribution < 1.29 is 8.42 Å². The zero-order valence-electron chi connectivity index (χ0n) is 8.93. The molecular weight excluding hydrogens is 246 g/mol. The van der Waals surface area contributed by atoms with Gasteiger partial charge in [-0.3, -0.25) is 0 Å². The van der Waals surface area contributed by atoms with Crippen LogP contribution in [0.25, 0.3) is 0 Å². The van der Waals surface area contributed by atoms with Crippen molar-refractivity contribution in [2.75, 3.05) is 18.1 Å². The Hall–Kier alpha value is -0.580. The maximum Gasteiger partial charge on any atom is 0.152 e. The van der Waals surface area contributed by atoms with Gasteiger partial charge in [0.25, 0.3) is 0 Å². The second-order valence-corrected chi connectivity index (χ2v) is 6.11. The summed E-state index contributed by atoms with van der Waals surface area (Å²) >= 11 is 0. The molecule has 1 atom stereocenters. The Labute approximate surface area is 103 Å². The Morgan fingerprint density at radius 3 is 2.56 bits per heavy atom. The molecule has 5 heteroatoms. The van der Waals surface area contributed by atoms with Gasteiger partial charge in [-0.05, 0) is 18.5 Å². The fraction of sp³-hybridized carbons (Fsp3) is 0.455. The van der Waals surface area contributed by atoms with Gasteiger partial charge < -0.3 is 5.32 Å². The molecule has 1 saturated heterocycles. The summed E-state index contributed by atoms with van der Waals surface area (Å²) in [6, 6.07) is 9.72. The van der Waals surface area contributed by atoms with E-state index in [1.807, 2.05) is 30.3 Å². The van der Waals surface area contributed by atoms with Crippen LogP contribution in [0, 0.1) is 0 Å². The molecule has 1 unspecified atom stereocenters. The minimum absolute atomic E-state index is 0. The fourth-order valence-electron chi connectivity index (χ4n) is 1.86. The molecule has 1 aliphatic heterocycles. The molecule has 16 heavy (non-hydrogen) atoms. The maximum atomic E-state index is 11.6. The SMILES string of the molecule is Cl.O=S1(=O)CCCNC(c2ccccc2)C1. The van der Waals surface area contributed by atoms with Crippen molar-refractivity contribution in [1.29, 1.82) is 0 Å². The molecule has 0 saturated carbocycles. The minimum atomic E-state index is -2.88. The number of halogens is 1. The van der Waals surface area contributed by atoms with Crippen LogP contribution in [0.5, 0.6) is 0 Å². The van der Waals surface area contributed by atoms with E-state index in [-0.39, 0.29) is 24.2 Å². The van der Waals surface area contributed by atoms with Gasteiger partial charge in [-0.2, -0.15) is 0 Å². The molecule has 2 rings (SSSR count). The number of benzene rings is 1. The van der Waals surface area contributed by atoms with Crippen LogP contribution in [-0.4, -0.2) is 26.5 Å². The number of sulfone groups is 1. The monoisotopic (exact) mass is 261 g/mol. The summed E-state index contributed by atoms with van der Waals surface area (Å²) in [7, 11) is -2.88. The zero-order valence-corrected chi connectivity index (χ0v) is 10.6. The lowest BCUT2D eigenvalue weighted by Gasteiger charge is -2.15. The van der Waals surface area contributed by atoms with E-state index in [1.165, 1.54) is 0 Å². The Morgan fingerprint density at radius 2 is 1.88 bits per heavy atom. The molecule has 0 aliphatic carbocycles. The molecule has 1 fully saturated rings. The van der Waals surface area contributed by atoms with Crippen molar-refractivity contribution in [3.05, 3.63) is 35.9 Å². The third kappa shape index (κ3) is 3.47. The lowest BCUT2D eigenvalue weighted by Crippen LogP contribution is -2.25. The Morgan fingerprint density at radius 1 is 1.19 bits per heavy atom. The summed E-state index contributed by atoms with van der Waals surface area (Å²) < 4.78 is 23.2. The van der Waals surface area contributed by atoms with Gasteiger partial charge in [-0.15, -0.1) is 12.4 Å². The first-order chi connectivity index (χ1) is 7.17. The summed E-state index contributed by atoms with van der Waals surface area (Å²) in [5.41, 5.74) is 1.06. The van der Waals surface area contributed by atoms with Gasteiger partial charge in [0.1, 0.15) is 0 Å². The molecule has 0 bridgehead atoms. The van der Waals surface area contributed by atoms with E-state index in [1.54, 1.807) is 0 Å². The van der Waals surface area contributed by atoms with Crippen molar-refractivity contribution >= 4 is 22.2 Å². The molecule has 3 nitrogen and oxygen atoms in total. The molecule has 0 aromatic heterocycles. The summed E-state index contributed by atoms with van der Waals surface area (Å²) in [6.45, 7) is 0.777. The molecule has 90 valence electrons. The highest BCUT2D eigenvalue weighted by atomic mass is 35.5. The normalized spacial score (nSPS) is 24.1. The average molecular weight is 262 g/mol. The van der Waals surface area contributed by atoms with Gasteiger partial charge in [0, 0.05) is 6.04 Å². The van der Waals surface area contributed by atoms with E-state index in [0.717, 1.165) is 12.1 Å². The first kappa shape index (κ1) is 13.5. The maximum absolute atomic E-state index is 11.6. The largest absolute Gasteiger partial charge is 0.309 e. The number of hydrogen-bond acceptors (Lipinski definition) is 3. The third-order valence-corrected chi connectivity index (χ3v) is 4.40. The van der Waals surface area contributed by atoms with Gasteiger partial charge in [0.05, 0.1) is 11.5 Å². The first-order valence-electron chi connectivity index (χ1n) is 5.16. The predicted molar refractivity (Wildman–Crippen MR) is 67.7 cm³/mol. The summed E-state index contributed by atoms with van der Waals surface area (Å²) in [5.74, 6) is 0.528. The van der Waals surface area contributed by atoms with Crippen molar-refractivity contribution in [2.24, 2.45) is 0 Å². The zero-order chi connectivity index (χ0) is 10.7. The van der Waals surface area contributed by atoms with E-state index in [0.29, 0.717) is 12.2 Å². The molecule has 0 spiro atoms. The van der Waals surface area contributed by atoms with Gasteiger partial charge in [-0.1, -0.05) is 30.3 Å². The fourth-order valence-corrected chi connectivity index (χ4v) is 3.43. The van der Waals surface area contributed by atoms with Crippen LogP contribution >= 0.6 is 12.4 Å². The highest BCUT2D eigenvalue weighted by Gasteiger charge is 2.23. The standard InChI is InChI=1S/C11H15NO2S.ClH/c13-15(14)8-4-7-12-11(9-15)10-5-2-1-3-6-10;/h1-3,5-6,11-12H,4,7-9H2;1H. The van der Waals surface area contributed by atoms with E-state index in [9.17, 15) is 8.42 Å². The smallest absolute Gasteiger partial charge is 0.152 e. The molecule has 1 heterocycles. The average Bonchev–Trinajstić information content (AvgIpc) is 2.41. The molecule has 1 aromatic rings. The third-order valence-electron chi connectivity index (χ3n) is 2.65. The number of hydrogen-bond donors (Lipinski definition) is 1.